The minimum Gasteiger partial charge on any atom is -0.294 e. The summed E-state index contributed by atoms with van der Waals surface area (Å²) in [6.07, 6.45) is 5.93. The van der Waals surface area contributed by atoms with E-state index in [0.717, 1.165) is 0 Å². The highest BCUT2D eigenvalue weighted by atomic mass is 16.1. The highest BCUT2D eigenvalue weighted by molar-refractivity contribution is 6.13. The molecule has 0 bridgehead atoms. The van der Waals surface area contributed by atoms with Gasteiger partial charge in [0, 0.05) is 35.9 Å². The van der Waals surface area contributed by atoms with Crippen LogP contribution in [0.3, 0.4) is 0 Å². The summed E-state index contributed by atoms with van der Waals surface area (Å²) in [5.74, 6) is -0.459. The van der Waals surface area contributed by atoms with Gasteiger partial charge in [0.25, 0.3) is 0 Å². The molecule has 0 saturated carbocycles. The van der Waals surface area contributed by atoms with Crippen molar-refractivity contribution >= 4 is 11.6 Å². The number of aromatic nitrogens is 2. The van der Waals surface area contributed by atoms with Gasteiger partial charge in [0.15, 0.2) is 11.6 Å². The van der Waals surface area contributed by atoms with Gasteiger partial charge < -0.3 is 0 Å². The van der Waals surface area contributed by atoms with Crippen molar-refractivity contribution in [2.45, 2.75) is 6.42 Å². The first kappa shape index (κ1) is 11.1. The van der Waals surface area contributed by atoms with Crippen LogP contribution in [0.5, 0.6) is 0 Å². The lowest BCUT2D eigenvalue weighted by molar-refractivity contribution is 0.0894. The molecule has 0 aromatic carbocycles. The van der Waals surface area contributed by atoms with E-state index in [1.807, 2.05) is 0 Å². The van der Waals surface area contributed by atoms with Crippen molar-refractivity contribution in [3.05, 3.63) is 60.2 Å². The number of hydrogen-bond donors (Lipinski definition) is 0. The molecule has 2 aromatic rings. The Morgan fingerprint density at radius 3 is 1.71 bits per heavy atom. The summed E-state index contributed by atoms with van der Waals surface area (Å²) in [5, 5.41) is 0. The third kappa shape index (κ3) is 2.81. The summed E-state index contributed by atoms with van der Waals surface area (Å²) >= 11 is 0. The van der Waals surface area contributed by atoms with Crippen molar-refractivity contribution in [3.8, 4) is 0 Å². The van der Waals surface area contributed by atoms with Crippen LogP contribution >= 0.6 is 0 Å². The van der Waals surface area contributed by atoms with Crippen molar-refractivity contribution in [2.75, 3.05) is 0 Å². The van der Waals surface area contributed by atoms with Gasteiger partial charge in [0.05, 0.1) is 6.42 Å². The number of ketones is 2. The second kappa shape index (κ2) is 5.12. The molecule has 0 aliphatic carbocycles. The van der Waals surface area contributed by atoms with Crippen LogP contribution in [0.15, 0.2) is 49.1 Å². The number of carbonyl (C=O) groups is 2. The van der Waals surface area contributed by atoms with Crippen LogP contribution in [0, 0.1) is 0 Å². The average molecular weight is 226 g/mol. The number of rotatable bonds is 4. The third-order valence-electron chi connectivity index (χ3n) is 2.29. The van der Waals surface area contributed by atoms with E-state index < -0.39 is 0 Å². The third-order valence-corrected chi connectivity index (χ3v) is 2.29. The summed E-state index contributed by atoms with van der Waals surface area (Å²) < 4.78 is 0. The van der Waals surface area contributed by atoms with Gasteiger partial charge in [0.2, 0.25) is 0 Å². The van der Waals surface area contributed by atoms with Crippen LogP contribution in [0.2, 0.25) is 0 Å². The van der Waals surface area contributed by atoms with Crippen molar-refractivity contribution in [3.63, 3.8) is 0 Å². The fourth-order valence-corrected chi connectivity index (χ4v) is 1.41. The maximum Gasteiger partial charge on any atom is 0.172 e. The second-order valence-corrected chi connectivity index (χ2v) is 3.51. The molecule has 0 aliphatic rings. The van der Waals surface area contributed by atoms with E-state index in [2.05, 4.69) is 9.97 Å². The van der Waals surface area contributed by atoms with Gasteiger partial charge in [-0.25, -0.2) is 0 Å². The van der Waals surface area contributed by atoms with E-state index >= 15 is 0 Å². The summed E-state index contributed by atoms with van der Waals surface area (Å²) in [6, 6.07) is 6.63. The maximum absolute atomic E-state index is 11.7. The van der Waals surface area contributed by atoms with Crippen LogP contribution in [0.4, 0.5) is 0 Å². The van der Waals surface area contributed by atoms with E-state index in [0.29, 0.717) is 11.1 Å². The smallest absolute Gasteiger partial charge is 0.172 e. The summed E-state index contributed by atoms with van der Waals surface area (Å²) in [6.45, 7) is 0. The Labute approximate surface area is 98.3 Å². The van der Waals surface area contributed by atoms with Gasteiger partial charge >= 0.3 is 0 Å². The van der Waals surface area contributed by atoms with Crippen molar-refractivity contribution in [1.82, 2.24) is 9.97 Å². The van der Waals surface area contributed by atoms with E-state index in [-0.39, 0.29) is 18.0 Å². The number of carbonyl (C=O) groups excluding carboxylic acids is 2. The van der Waals surface area contributed by atoms with Crippen molar-refractivity contribution in [2.24, 2.45) is 0 Å². The fraction of sp³-hybridized carbons (Fsp3) is 0.0769. The van der Waals surface area contributed by atoms with Gasteiger partial charge in [-0.1, -0.05) is 0 Å². The molecule has 0 amide bonds. The second-order valence-electron chi connectivity index (χ2n) is 3.51. The van der Waals surface area contributed by atoms with Gasteiger partial charge in [-0.05, 0) is 24.3 Å². The molecule has 2 heterocycles. The molecular weight excluding hydrogens is 216 g/mol. The molecule has 0 radical (unpaired) electrons. The lowest BCUT2D eigenvalue weighted by Gasteiger charge is -2.00. The number of Topliss-reactive ketones (excluding diaryl/α,β-unsaturated/α-hetero) is 2. The molecule has 2 aromatic heterocycles. The fourth-order valence-electron chi connectivity index (χ4n) is 1.41. The first-order valence-electron chi connectivity index (χ1n) is 5.14. The molecule has 4 heteroatoms. The van der Waals surface area contributed by atoms with Gasteiger partial charge in [-0.3, -0.25) is 19.6 Å². The zero-order chi connectivity index (χ0) is 12.1. The first-order valence-corrected chi connectivity index (χ1v) is 5.14. The molecule has 0 spiro atoms. The normalized spacial score (nSPS) is 9.88. The largest absolute Gasteiger partial charge is 0.294 e. The predicted octanol–water partition coefficient (Wildman–Crippen LogP) is 1.93. The van der Waals surface area contributed by atoms with Crippen LogP contribution in [-0.2, 0) is 0 Å². The molecule has 17 heavy (non-hydrogen) atoms. The molecular formula is C13H10N2O2. The molecule has 0 fully saturated rings. The Morgan fingerprint density at radius 1 is 0.882 bits per heavy atom. The zero-order valence-corrected chi connectivity index (χ0v) is 9.04. The van der Waals surface area contributed by atoms with E-state index in [9.17, 15) is 9.59 Å². The average Bonchev–Trinajstić information content (AvgIpc) is 2.40. The van der Waals surface area contributed by atoms with Crippen LogP contribution in [0.25, 0.3) is 0 Å². The lowest BCUT2D eigenvalue weighted by atomic mass is 10.0. The Balaban J connectivity index is 2.08. The number of nitrogens with zero attached hydrogens (tertiary/aromatic N) is 2. The topological polar surface area (TPSA) is 59.9 Å². The van der Waals surface area contributed by atoms with Gasteiger partial charge in [0.1, 0.15) is 0 Å². The Kier molecular flexibility index (Phi) is 3.35. The highest BCUT2D eigenvalue weighted by Gasteiger charge is 2.13. The minimum atomic E-state index is -0.230. The molecule has 0 unspecified atom stereocenters. The minimum absolute atomic E-state index is 0.155. The van der Waals surface area contributed by atoms with Crippen LogP contribution in [-0.4, -0.2) is 21.5 Å². The standard InChI is InChI=1S/C13H10N2O2/c16-12(10-3-1-5-14-8-10)7-13(17)11-4-2-6-15-9-11/h1-6,8-9H,7H2. The predicted molar refractivity (Wildman–Crippen MR) is 61.8 cm³/mol. The van der Waals surface area contributed by atoms with Crippen LogP contribution in [0.1, 0.15) is 27.1 Å². The lowest BCUT2D eigenvalue weighted by Crippen LogP contribution is -2.08. The van der Waals surface area contributed by atoms with Gasteiger partial charge in [-0.2, -0.15) is 0 Å². The first-order chi connectivity index (χ1) is 8.27. The van der Waals surface area contributed by atoms with Gasteiger partial charge in [-0.15, -0.1) is 0 Å². The maximum atomic E-state index is 11.7. The summed E-state index contributed by atoms with van der Waals surface area (Å²) in [7, 11) is 0. The molecule has 84 valence electrons. The molecule has 2 rings (SSSR count). The zero-order valence-electron chi connectivity index (χ0n) is 9.04. The Bertz CT molecular complexity index is 474. The highest BCUT2D eigenvalue weighted by Crippen LogP contribution is 2.06. The summed E-state index contributed by atoms with van der Waals surface area (Å²) in [5.41, 5.74) is 0.898. The summed E-state index contributed by atoms with van der Waals surface area (Å²) in [4.78, 5) is 31.2. The number of pyridine rings is 2. The molecule has 4 nitrogen and oxygen atoms in total. The van der Waals surface area contributed by atoms with E-state index in [1.165, 1.54) is 12.4 Å². The molecule has 0 aliphatic heterocycles. The molecule has 0 N–H and O–H groups in total. The molecule has 0 saturated heterocycles. The monoisotopic (exact) mass is 226 g/mol. The van der Waals surface area contributed by atoms with E-state index in [4.69, 9.17) is 0 Å². The van der Waals surface area contributed by atoms with E-state index in [1.54, 1.807) is 36.7 Å². The SMILES string of the molecule is O=C(CC(=O)c1cccnc1)c1cccnc1. The van der Waals surface area contributed by atoms with Crippen molar-refractivity contribution < 1.29 is 9.59 Å². The number of hydrogen-bond acceptors (Lipinski definition) is 4. The van der Waals surface area contributed by atoms with Crippen LogP contribution < -0.4 is 0 Å². The molecule has 0 atom stereocenters. The Hall–Kier alpha value is -2.36. The Morgan fingerprint density at radius 2 is 1.35 bits per heavy atom. The van der Waals surface area contributed by atoms with Crippen molar-refractivity contribution in [1.29, 1.82) is 0 Å². The quantitative estimate of drug-likeness (QED) is 0.590.